The van der Waals surface area contributed by atoms with Gasteiger partial charge in [-0.05, 0) is 17.7 Å². The topological polar surface area (TPSA) is 0 Å². The van der Waals surface area contributed by atoms with E-state index < -0.39 is 29.3 Å². The smallest absolute Gasteiger partial charge is 0.166 e. The van der Waals surface area contributed by atoms with Gasteiger partial charge in [0.05, 0.1) is 23.2 Å². The first-order valence-electron chi connectivity index (χ1n) is 5.72. The molecule has 0 aromatic heterocycles. The predicted molar refractivity (Wildman–Crippen MR) is 74.4 cm³/mol. The minimum absolute atomic E-state index is 0.524. The molecule has 0 fully saturated rings. The molecule has 0 amide bonds. The molecule has 18 heavy (non-hydrogen) atoms. The molecular weight excluding hydrogens is 269 g/mol. The number of rotatable bonds is 3. The van der Waals surface area contributed by atoms with Crippen LogP contribution in [0.15, 0.2) is 29.1 Å². The van der Waals surface area contributed by atoms with E-state index in [0.29, 0.717) is 0 Å². The van der Waals surface area contributed by atoms with Crippen molar-refractivity contribution < 1.29 is 13.2 Å². The maximum Gasteiger partial charge on any atom is 0.416 e. The van der Waals surface area contributed by atoms with Gasteiger partial charge in [-0.3, -0.25) is 0 Å². The molecule has 0 atom stereocenters. The zero-order valence-electron chi connectivity index (χ0n) is 11.0. The summed E-state index contributed by atoms with van der Waals surface area (Å²) in [6.07, 6.45) is -2.18. The Morgan fingerprint density at radius 3 is 1.72 bits per heavy atom. The summed E-state index contributed by atoms with van der Waals surface area (Å²) in [7, 11) is -1.05. The van der Waals surface area contributed by atoms with Gasteiger partial charge in [-0.25, -0.2) is 0 Å². The third-order valence-corrected chi connectivity index (χ3v) is 8.07. The van der Waals surface area contributed by atoms with Crippen LogP contribution in [0.3, 0.4) is 0 Å². The lowest BCUT2D eigenvalue weighted by molar-refractivity contribution is -0.137. The van der Waals surface area contributed by atoms with Gasteiger partial charge in [0.1, 0.15) is 0 Å². The van der Waals surface area contributed by atoms with E-state index in [4.69, 9.17) is 0 Å². The first-order valence-corrected chi connectivity index (χ1v) is 10.7. The highest BCUT2D eigenvalue weighted by molar-refractivity contribution is 6.87. The van der Waals surface area contributed by atoms with E-state index in [0.717, 1.165) is 17.7 Å². The Bertz CT molecular complexity index is 407. The third kappa shape index (κ3) is 4.13. The Kier molecular flexibility index (Phi) is 4.98. The zero-order chi connectivity index (χ0) is 13.9. The van der Waals surface area contributed by atoms with Crippen molar-refractivity contribution in [3.05, 3.63) is 40.2 Å². The van der Waals surface area contributed by atoms with E-state index in [1.807, 2.05) is 0 Å². The van der Waals surface area contributed by atoms with Gasteiger partial charge in [0.15, 0.2) is 0 Å². The van der Waals surface area contributed by atoms with E-state index in [9.17, 15) is 13.2 Å². The number of hydrogen-bond acceptors (Lipinski definition) is 0. The van der Waals surface area contributed by atoms with Gasteiger partial charge in [0, 0.05) is 0 Å². The molecule has 0 aliphatic carbocycles. The Hall–Kier alpha value is -0.816. The van der Waals surface area contributed by atoms with Crippen molar-refractivity contribution in [3.8, 4) is 0 Å². The Morgan fingerprint density at radius 2 is 1.39 bits per heavy atom. The SMILES string of the molecule is C[Si](C)C(=Cc1ccc(C(F)(F)F)cc1)[Si](C)C. The van der Waals surface area contributed by atoms with Crippen LogP contribution in [0.1, 0.15) is 11.1 Å². The van der Waals surface area contributed by atoms with Crippen molar-refractivity contribution in [1.82, 2.24) is 0 Å². The average Bonchev–Trinajstić information content (AvgIpc) is 2.24. The molecule has 2 radical (unpaired) electrons. The molecule has 1 aromatic rings. The minimum atomic E-state index is -4.25. The maximum atomic E-state index is 12.4. The van der Waals surface area contributed by atoms with Crippen LogP contribution in [0.2, 0.25) is 26.2 Å². The summed E-state index contributed by atoms with van der Waals surface area (Å²) in [6.45, 7) is 8.88. The van der Waals surface area contributed by atoms with Gasteiger partial charge in [0.2, 0.25) is 0 Å². The fourth-order valence-electron chi connectivity index (χ4n) is 1.72. The van der Waals surface area contributed by atoms with Crippen molar-refractivity contribution in [2.24, 2.45) is 0 Å². The quantitative estimate of drug-likeness (QED) is 0.708. The monoisotopic (exact) mass is 286 g/mol. The largest absolute Gasteiger partial charge is 0.416 e. The minimum Gasteiger partial charge on any atom is -0.166 e. The summed E-state index contributed by atoms with van der Waals surface area (Å²) in [5.74, 6) is 0. The van der Waals surface area contributed by atoms with Crippen LogP contribution < -0.4 is 0 Å². The van der Waals surface area contributed by atoms with Crippen LogP contribution >= 0.6 is 0 Å². The molecular formula is C13H17F3Si2. The number of benzene rings is 1. The summed E-state index contributed by atoms with van der Waals surface area (Å²) >= 11 is 0. The van der Waals surface area contributed by atoms with Crippen LogP contribution in [-0.2, 0) is 6.18 Å². The van der Waals surface area contributed by atoms with E-state index in [2.05, 4.69) is 32.3 Å². The Labute approximate surface area is 110 Å². The first kappa shape index (κ1) is 15.2. The summed E-state index contributed by atoms with van der Waals surface area (Å²) < 4.78 is 37.3. The number of hydrogen-bond donors (Lipinski definition) is 0. The van der Waals surface area contributed by atoms with Crippen molar-refractivity contribution >= 4 is 23.7 Å². The fourth-order valence-corrected chi connectivity index (χ4v) is 6.63. The molecule has 0 N–H and O–H groups in total. The molecule has 0 nitrogen and oxygen atoms in total. The highest BCUT2D eigenvalue weighted by atomic mass is 28.3. The van der Waals surface area contributed by atoms with Crippen LogP contribution in [0.25, 0.3) is 6.08 Å². The second-order valence-electron chi connectivity index (χ2n) is 4.68. The molecule has 0 bridgehead atoms. The molecule has 0 unspecified atom stereocenters. The van der Waals surface area contributed by atoms with Crippen LogP contribution in [-0.4, -0.2) is 17.6 Å². The van der Waals surface area contributed by atoms with Gasteiger partial charge in [-0.2, -0.15) is 13.2 Å². The lowest BCUT2D eigenvalue weighted by Gasteiger charge is -2.13. The van der Waals surface area contributed by atoms with Crippen LogP contribution in [0.5, 0.6) is 0 Å². The Morgan fingerprint density at radius 1 is 0.944 bits per heavy atom. The average molecular weight is 286 g/mol. The standard InChI is InChI=1S/C13H17F3Si2/c1-17(2)12(18(3)4)9-10-5-7-11(8-6-10)13(14,15)16/h5-9H,1-4H3. The highest BCUT2D eigenvalue weighted by Gasteiger charge is 2.29. The molecule has 98 valence electrons. The summed E-state index contributed by atoms with van der Waals surface area (Å²) in [5, 5.41) is 0. The molecule has 0 spiro atoms. The van der Waals surface area contributed by atoms with Gasteiger partial charge in [0.25, 0.3) is 0 Å². The van der Waals surface area contributed by atoms with Gasteiger partial charge in [-0.1, -0.05) is 49.2 Å². The maximum absolute atomic E-state index is 12.4. The van der Waals surface area contributed by atoms with Gasteiger partial charge in [-0.15, -0.1) is 0 Å². The van der Waals surface area contributed by atoms with E-state index in [-0.39, 0.29) is 0 Å². The van der Waals surface area contributed by atoms with Crippen molar-refractivity contribution in [2.45, 2.75) is 32.4 Å². The Balaban J connectivity index is 3.02. The molecule has 1 aromatic carbocycles. The second-order valence-corrected chi connectivity index (χ2v) is 10.3. The number of alkyl halides is 3. The van der Waals surface area contributed by atoms with Crippen LogP contribution in [0, 0.1) is 0 Å². The van der Waals surface area contributed by atoms with Gasteiger partial charge >= 0.3 is 6.18 Å². The molecule has 0 heterocycles. The first-order chi connectivity index (χ1) is 8.21. The summed E-state index contributed by atoms with van der Waals surface area (Å²) in [6, 6.07) is 5.41. The second kappa shape index (κ2) is 5.88. The molecule has 0 aliphatic rings. The lowest BCUT2D eigenvalue weighted by atomic mass is 10.1. The van der Waals surface area contributed by atoms with Crippen LogP contribution in [0.4, 0.5) is 13.2 Å². The molecule has 1 rings (SSSR count). The van der Waals surface area contributed by atoms with Crippen molar-refractivity contribution in [2.75, 3.05) is 0 Å². The highest BCUT2D eigenvalue weighted by Crippen LogP contribution is 2.29. The summed E-state index contributed by atoms with van der Waals surface area (Å²) in [5.41, 5.74) is 0.286. The summed E-state index contributed by atoms with van der Waals surface area (Å²) in [4.78, 5) is 1.45. The predicted octanol–water partition coefficient (Wildman–Crippen LogP) is 4.68. The fraction of sp³-hybridized carbons (Fsp3) is 0.385. The molecule has 0 saturated heterocycles. The molecule has 0 aliphatic heterocycles. The lowest BCUT2D eigenvalue weighted by Crippen LogP contribution is -2.18. The number of halogens is 3. The van der Waals surface area contributed by atoms with E-state index in [1.54, 1.807) is 12.1 Å². The van der Waals surface area contributed by atoms with E-state index in [1.165, 1.54) is 4.82 Å². The zero-order valence-corrected chi connectivity index (χ0v) is 13.0. The normalized spacial score (nSPS) is 12.1. The van der Waals surface area contributed by atoms with Crippen molar-refractivity contribution in [1.29, 1.82) is 0 Å². The van der Waals surface area contributed by atoms with E-state index >= 15 is 0 Å². The molecule has 5 heteroatoms. The van der Waals surface area contributed by atoms with Crippen molar-refractivity contribution in [3.63, 3.8) is 0 Å². The molecule has 0 saturated carbocycles. The van der Waals surface area contributed by atoms with Gasteiger partial charge < -0.3 is 0 Å². The third-order valence-electron chi connectivity index (χ3n) is 2.63.